The fraction of sp³-hybridized carbons (Fsp3) is 0.0545. The Morgan fingerprint density at radius 2 is 0.857 bits per heavy atom. The highest BCUT2D eigenvalue weighted by atomic mass is 15.1. The fourth-order valence-electron chi connectivity index (χ4n) is 9.48. The van der Waals surface area contributed by atoms with Crippen molar-refractivity contribution in [2.45, 2.75) is 19.3 Å². The first-order valence-corrected chi connectivity index (χ1v) is 19.6. The van der Waals surface area contributed by atoms with Crippen LogP contribution in [0.2, 0.25) is 0 Å². The zero-order chi connectivity index (χ0) is 37.4. The van der Waals surface area contributed by atoms with Crippen molar-refractivity contribution in [1.82, 2.24) is 0 Å². The number of hydrogen-bond acceptors (Lipinski definition) is 1. The second-order valence-corrected chi connectivity index (χ2v) is 15.7. The number of para-hydroxylation sites is 1. The van der Waals surface area contributed by atoms with E-state index in [0.717, 1.165) is 11.4 Å². The lowest BCUT2D eigenvalue weighted by atomic mass is 9.81. The molecule has 10 aromatic carbocycles. The molecule has 10 aromatic rings. The number of fused-ring (bicyclic) bond motifs is 9. The van der Waals surface area contributed by atoms with Gasteiger partial charge in [0.1, 0.15) is 0 Å². The van der Waals surface area contributed by atoms with Gasteiger partial charge in [-0.2, -0.15) is 0 Å². The Bertz CT molecular complexity index is 3170. The Morgan fingerprint density at radius 1 is 0.321 bits per heavy atom. The van der Waals surface area contributed by atoms with Gasteiger partial charge in [-0.1, -0.05) is 178 Å². The highest BCUT2D eigenvalue weighted by Gasteiger charge is 2.37. The van der Waals surface area contributed by atoms with Crippen molar-refractivity contribution in [3.05, 3.63) is 211 Å². The van der Waals surface area contributed by atoms with E-state index in [4.69, 9.17) is 0 Å². The molecular weight excluding hydrogens is 675 g/mol. The maximum atomic E-state index is 2.50. The molecule has 0 saturated heterocycles. The Balaban J connectivity index is 1.11. The maximum Gasteiger partial charge on any atom is 0.0546 e. The van der Waals surface area contributed by atoms with E-state index in [-0.39, 0.29) is 5.41 Å². The monoisotopic (exact) mass is 713 g/mol. The predicted octanol–water partition coefficient (Wildman–Crippen LogP) is 15.4. The molecule has 0 atom stereocenters. The molecule has 0 aromatic heterocycles. The fourth-order valence-corrected chi connectivity index (χ4v) is 9.48. The summed E-state index contributed by atoms with van der Waals surface area (Å²) in [7, 11) is 0. The summed E-state index contributed by atoms with van der Waals surface area (Å²) in [6, 6.07) is 74.0. The van der Waals surface area contributed by atoms with Gasteiger partial charge in [0, 0.05) is 22.1 Å². The van der Waals surface area contributed by atoms with Gasteiger partial charge in [-0.15, -0.1) is 0 Å². The first kappa shape index (κ1) is 32.5. The molecule has 0 radical (unpaired) electrons. The molecule has 264 valence electrons. The van der Waals surface area contributed by atoms with E-state index in [1.54, 1.807) is 0 Å². The second-order valence-electron chi connectivity index (χ2n) is 15.7. The Hall–Kier alpha value is -6.96. The third-order valence-electron chi connectivity index (χ3n) is 12.2. The van der Waals surface area contributed by atoms with E-state index < -0.39 is 0 Å². The summed E-state index contributed by atoms with van der Waals surface area (Å²) < 4.78 is 0. The van der Waals surface area contributed by atoms with Gasteiger partial charge in [0.2, 0.25) is 0 Å². The normalized spacial score (nSPS) is 13.0. The minimum Gasteiger partial charge on any atom is -0.309 e. The van der Waals surface area contributed by atoms with E-state index in [9.17, 15) is 0 Å². The summed E-state index contributed by atoms with van der Waals surface area (Å²) in [5.41, 5.74) is 13.5. The van der Waals surface area contributed by atoms with Crippen molar-refractivity contribution in [2.24, 2.45) is 0 Å². The number of rotatable bonds is 5. The molecule has 0 N–H and O–H groups in total. The third kappa shape index (κ3) is 4.94. The lowest BCUT2D eigenvalue weighted by Crippen LogP contribution is -2.17. The first-order valence-electron chi connectivity index (χ1n) is 19.6. The van der Waals surface area contributed by atoms with Crippen LogP contribution in [-0.2, 0) is 5.41 Å². The van der Waals surface area contributed by atoms with Crippen LogP contribution in [0, 0.1) is 0 Å². The zero-order valence-electron chi connectivity index (χ0n) is 31.5. The maximum absolute atomic E-state index is 2.50. The van der Waals surface area contributed by atoms with Crippen LogP contribution >= 0.6 is 0 Å². The summed E-state index contributed by atoms with van der Waals surface area (Å²) in [6.45, 7) is 4.80. The number of benzene rings is 10. The molecular formula is C55H39N. The van der Waals surface area contributed by atoms with Crippen LogP contribution in [0.1, 0.15) is 25.0 Å². The second kappa shape index (κ2) is 12.5. The van der Waals surface area contributed by atoms with Crippen molar-refractivity contribution in [3.8, 4) is 33.4 Å². The quantitative estimate of drug-likeness (QED) is 0.161. The van der Waals surface area contributed by atoms with Crippen molar-refractivity contribution in [1.29, 1.82) is 0 Å². The Morgan fingerprint density at radius 3 is 1.59 bits per heavy atom. The number of nitrogens with zero attached hydrogens (tertiary/aromatic N) is 1. The van der Waals surface area contributed by atoms with Gasteiger partial charge in [0.05, 0.1) is 11.4 Å². The molecule has 11 rings (SSSR count). The van der Waals surface area contributed by atoms with Crippen molar-refractivity contribution in [3.63, 3.8) is 0 Å². The van der Waals surface area contributed by atoms with Crippen LogP contribution in [0.5, 0.6) is 0 Å². The summed E-state index contributed by atoms with van der Waals surface area (Å²) in [6.07, 6.45) is 0. The van der Waals surface area contributed by atoms with Gasteiger partial charge >= 0.3 is 0 Å². The minimum atomic E-state index is -0.223. The van der Waals surface area contributed by atoms with E-state index in [1.165, 1.54) is 93.3 Å². The van der Waals surface area contributed by atoms with Crippen LogP contribution in [0.3, 0.4) is 0 Å². The average molecular weight is 714 g/mol. The van der Waals surface area contributed by atoms with Crippen LogP contribution < -0.4 is 4.90 Å². The van der Waals surface area contributed by atoms with Crippen molar-refractivity contribution >= 4 is 60.2 Å². The highest BCUT2D eigenvalue weighted by molar-refractivity contribution is 6.16. The lowest BCUT2D eigenvalue weighted by Gasteiger charge is -2.31. The summed E-state index contributed by atoms with van der Waals surface area (Å²) in [4.78, 5) is 2.50. The molecule has 0 saturated carbocycles. The summed E-state index contributed by atoms with van der Waals surface area (Å²) in [5, 5.41) is 10.1. The van der Waals surface area contributed by atoms with E-state index in [1.807, 2.05) is 0 Å². The average Bonchev–Trinajstić information content (AvgIpc) is 3.48. The number of hydrogen-bond donors (Lipinski definition) is 0. The molecule has 0 unspecified atom stereocenters. The SMILES string of the molecule is CC1(C)c2cc(-c3cc4ccccc4c4ccccc34)ccc2-c2ccc(N(c3ccccc3-c3ccccc3)c3cc4ccccc4c4ccccc34)cc21. The molecule has 1 aliphatic rings. The van der Waals surface area contributed by atoms with E-state index in [2.05, 4.69) is 219 Å². The van der Waals surface area contributed by atoms with Crippen LogP contribution in [-0.4, -0.2) is 0 Å². The van der Waals surface area contributed by atoms with Gasteiger partial charge in [0.25, 0.3) is 0 Å². The van der Waals surface area contributed by atoms with Crippen LogP contribution in [0.25, 0.3) is 76.5 Å². The van der Waals surface area contributed by atoms with Crippen molar-refractivity contribution in [2.75, 3.05) is 4.90 Å². The molecule has 0 spiro atoms. The Labute approximate surface area is 327 Å². The summed E-state index contributed by atoms with van der Waals surface area (Å²) >= 11 is 0. The molecule has 0 heterocycles. The molecule has 1 heteroatoms. The van der Waals surface area contributed by atoms with Crippen LogP contribution in [0.15, 0.2) is 200 Å². The van der Waals surface area contributed by atoms with Gasteiger partial charge in [-0.3, -0.25) is 0 Å². The Kier molecular flexibility index (Phi) is 7.28. The molecule has 0 amide bonds. The van der Waals surface area contributed by atoms with E-state index >= 15 is 0 Å². The standard InChI is InChI=1S/C55H39N/c1-55(2)51-33-39(50-32-37-18-6-8-20-41(37)44-23-10-11-25-46(44)50)28-30-47(51)48-31-29-40(35-52(48)55)56(53-27-15-14-22-43(53)36-16-4-3-5-17-36)54-34-38-19-7-9-21-42(38)45-24-12-13-26-49(45)54/h3-35H,1-2H3. The summed E-state index contributed by atoms with van der Waals surface area (Å²) in [5.74, 6) is 0. The highest BCUT2D eigenvalue weighted by Crippen LogP contribution is 2.53. The van der Waals surface area contributed by atoms with E-state index in [0.29, 0.717) is 0 Å². The smallest absolute Gasteiger partial charge is 0.0546 e. The molecule has 0 fully saturated rings. The van der Waals surface area contributed by atoms with Gasteiger partial charge in [-0.05, 0) is 113 Å². The predicted molar refractivity (Wildman–Crippen MR) is 240 cm³/mol. The van der Waals surface area contributed by atoms with Gasteiger partial charge < -0.3 is 4.90 Å². The van der Waals surface area contributed by atoms with Crippen LogP contribution in [0.4, 0.5) is 17.1 Å². The largest absolute Gasteiger partial charge is 0.309 e. The molecule has 0 bridgehead atoms. The topological polar surface area (TPSA) is 3.24 Å². The molecule has 1 aliphatic carbocycles. The van der Waals surface area contributed by atoms with Gasteiger partial charge in [0.15, 0.2) is 0 Å². The number of anilines is 3. The first-order chi connectivity index (χ1) is 27.5. The lowest BCUT2D eigenvalue weighted by molar-refractivity contribution is 0.660. The molecule has 1 nitrogen and oxygen atoms in total. The third-order valence-corrected chi connectivity index (χ3v) is 12.2. The van der Waals surface area contributed by atoms with Crippen molar-refractivity contribution < 1.29 is 0 Å². The molecule has 0 aliphatic heterocycles. The minimum absolute atomic E-state index is 0.223. The zero-order valence-corrected chi connectivity index (χ0v) is 31.5. The van der Waals surface area contributed by atoms with Gasteiger partial charge in [-0.25, -0.2) is 0 Å². The molecule has 56 heavy (non-hydrogen) atoms.